The number of ketones is 1. The fourth-order valence-electron chi connectivity index (χ4n) is 3.05. The van der Waals surface area contributed by atoms with Crippen molar-refractivity contribution in [2.45, 2.75) is 0 Å². The molecule has 0 aliphatic carbocycles. The van der Waals surface area contributed by atoms with Crippen LogP contribution < -0.4 is 5.73 Å². The van der Waals surface area contributed by atoms with Crippen molar-refractivity contribution in [3.05, 3.63) is 89.3 Å². The van der Waals surface area contributed by atoms with Gasteiger partial charge in [-0.15, -0.1) is 0 Å². The Hall–Kier alpha value is -4.27. The number of aromatic amines is 1. The van der Waals surface area contributed by atoms with Crippen molar-refractivity contribution < 1.29 is 22.8 Å². The normalized spacial score (nSPS) is 11.3. The number of halogens is 3. The number of aromatic nitrogens is 3. The van der Waals surface area contributed by atoms with E-state index in [-0.39, 0.29) is 5.56 Å². The molecule has 0 fully saturated rings. The number of nitrogens with zero attached hydrogens (tertiary/aromatic N) is 2. The first-order valence-electron chi connectivity index (χ1n) is 8.94. The zero-order chi connectivity index (χ0) is 22.1. The molecule has 0 saturated heterocycles. The van der Waals surface area contributed by atoms with Gasteiger partial charge in [0.2, 0.25) is 11.7 Å². The molecule has 0 aliphatic rings. The Morgan fingerprint density at radius 3 is 2.45 bits per heavy atom. The molecule has 1 amide bonds. The number of carbonyl (C=O) groups excluding carboxylic acids is 2. The van der Waals surface area contributed by atoms with E-state index in [1.165, 1.54) is 30.5 Å². The number of pyridine rings is 2. The maximum absolute atomic E-state index is 14.7. The molecule has 3 aromatic heterocycles. The third kappa shape index (κ3) is 3.93. The Morgan fingerprint density at radius 2 is 1.74 bits per heavy atom. The van der Waals surface area contributed by atoms with Gasteiger partial charge in [0.25, 0.3) is 0 Å². The fraction of sp³-hybridized carbons (Fsp3) is 0. The van der Waals surface area contributed by atoms with Gasteiger partial charge < -0.3 is 10.7 Å². The predicted molar refractivity (Wildman–Crippen MR) is 107 cm³/mol. The largest absolute Gasteiger partial charge is 0.366 e. The van der Waals surface area contributed by atoms with E-state index in [0.717, 1.165) is 6.07 Å². The van der Waals surface area contributed by atoms with Crippen molar-refractivity contribution in [3.63, 3.8) is 0 Å². The van der Waals surface area contributed by atoms with Gasteiger partial charge in [-0.25, -0.2) is 23.1 Å². The third-order valence-electron chi connectivity index (χ3n) is 4.58. The Balaban J connectivity index is 1.69. The molecular weight excluding hydrogens is 409 g/mol. The minimum Gasteiger partial charge on any atom is -0.366 e. The molecule has 0 radical (unpaired) electrons. The molecule has 9 heteroatoms. The van der Waals surface area contributed by atoms with Gasteiger partial charge in [0.15, 0.2) is 11.6 Å². The highest BCUT2D eigenvalue weighted by atomic mass is 19.2. The smallest absolute Gasteiger partial charge is 0.241 e. The quantitative estimate of drug-likeness (QED) is 0.378. The van der Waals surface area contributed by atoms with Crippen molar-refractivity contribution in [1.82, 2.24) is 15.0 Å². The Kier molecular flexibility index (Phi) is 5.08. The van der Waals surface area contributed by atoms with Gasteiger partial charge in [-0.2, -0.15) is 0 Å². The molecule has 31 heavy (non-hydrogen) atoms. The minimum atomic E-state index is -1.25. The molecule has 1 aromatic carbocycles. The highest BCUT2D eigenvalue weighted by Crippen LogP contribution is 2.27. The van der Waals surface area contributed by atoms with Crippen molar-refractivity contribution >= 4 is 28.8 Å². The van der Waals surface area contributed by atoms with Gasteiger partial charge in [0.1, 0.15) is 17.2 Å². The van der Waals surface area contributed by atoms with Gasteiger partial charge in [-0.3, -0.25) is 9.59 Å². The van der Waals surface area contributed by atoms with Crippen LogP contribution in [0.2, 0.25) is 0 Å². The summed E-state index contributed by atoms with van der Waals surface area (Å²) in [7, 11) is 0. The molecule has 3 N–H and O–H groups in total. The fourth-order valence-corrected chi connectivity index (χ4v) is 3.05. The summed E-state index contributed by atoms with van der Waals surface area (Å²) in [5.41, 5.74) is 6.61. The van der Waals surface area contributed by atoms with E-state index in [2.05, 4.69) is 15.0 Å². The van der Waals surface area contributed by atoms with Crippen LogP contribution in [0.3, 0.4) is 0 Å². The first-order valence-corrected chi connectivity index (χ1v) is 8.94. The molecule has 0 saturated carbocycles. The number of rotatable bonds is 5. The van der Waals surface area contributed by atoms with Crippen LogP contribution in [0.5, 0.6) is 0 Å². The Bertz CT molecular complexity index is 1380. The number of hydrogen-bond acceptors (Lipinski definition) is 4. The highest BCUT2D eigenvalue weighted by Gasteiger charge is 2.18. The van der Waals surface area contributed by atoms with Crippen LogP contribution in [0.25, 0.3) is 28.2 Å². The van der Waals surface area contributed by atoms with Gasteiger partial charge in [-0.05, 0) is 29.8 Å². The summed E-state index contributed by atoms with van der Waals surface area (Å²) in [5.74, 6) is -4.78. The van der Waals surface area contributed by atoms with Gasteiger partial charge in [0.05, 0.1) is 11.8 Å². The van der Waals surface area contributed by atoms with E-state index in [1.807, 2.05) is 0 Å². The SMILES string of the molecule is NC(=O)C=Cc1c[nH]c2ncc(-c3ccc(C(=O)c4cc(F)c(F)cn4)c(F)c3)cc12. The topological polar surface area (TPSA) is 102 Å². The monoisotopic (exact) mass is 422 g/mol. The molecule has 4 aromatic rings. The minimum absolute atomic E-state index is 0.331. The number of hydrogen-bond donors (Lipinski definition) is 2. The number of benzene rings is 1. The first kappa shape index (κ1) is 20.0. The van der Waals surface area contributed by atoms with E-state index in [4.69, 9.17) is 5.73 Å². The molecule has 0 bridgehead atoms. The number of fused-ring (bicyclic) bond motifs is 1. The summed E-state index contributed by atoms with van der Waals surface area (Å²) in [5, 5.41) is 0.682. The van der Waals surface area contributed by atoms with Crippen LogP contribution >= 0.6 is 0 Å². The van der Waals surface area contributed by atoms with Gasteiger partial charge >= 0.3 is 0 Å². The van der Waals surface area contributed by atoms with Gasteiger partial charge in [-0.1, -0.05) is 6.07 Å². The van der Waals surface area contributed by atoms with E-state index < -0.39 is 34.8 Å². The van der Waals surface area contributed by atoms with E-state index in [0.29, 0.717) is 40.0 Å². The molecule has 6 nitrogen and oxygen atoms in total. The standard InChI is InChI=1S/C22H13F3N4O2/c23-16-6-11(1-3-14(16)21(31)19-7-17(24)18(25)10-27-19)13-5-15-12(2-4-20(26)30)8-28-22(15)29-9-13/h1-10H,(H2,26,30)(H,28,29). The Labute approximate surface area is 173 Å². The molecule has 4 rings (SSSR count). The summed E-state index contributed by atoms with van der Waals surface area (Å²) in [4.78, 5) is 34.2. The number of nitrogens with one attached hydrogen (secondary N) is 1. The van der Waals surface area contributed by atoms with E-state index in [1.54, 1.807) is 12.3 Å². The molecule has 154 valence electrons. The first-order chi connectivity index (χ1) is 14.8. The average molecular weight is 422 g/mol. The van der Waals surface area contributed by atoms with Crippen LogP contribution in [0.4, 0.5) is 13.2 Å². The van der Waals surface area contributed by atoms with E-state index in [9.17, 15) is 22.8 Å². The number of H-pyrrole nitrogens is 1. The Morgan fingerprint density at radius 1 is 0.935 bits per heavy atom. The lowest BCUT2D eigenvalue weighted by molar-refractivity contribution is -0.113. The van der Waals surface area contributed by atoms with Crippen molar-refractivity contribution in [1.29, 1.82) is 0 Å². The lowest BCUT2D eigenvalue weighted by Crippen LogP contribution is -2.08. The maximum atomic E-state index is 14.7. The third-order valence-corrected chi connectivity index (χ3v) is 4.58. The van der Waals surface area contributed by atoms with Crippen molar-refractivity contribution in [2.24, 2.45) is 5.73 Å². The molecule has 0 atom stereocenters. The van der Waals surface area contributed by atoms with Crippen LogP contribution in [0.15, 0.2) is 55.0 Å². The van der Waals surface area contributed by atoms with Gasteiger partial charge in [0, 0.05) is 41.0 Å². The number of carbonyl (C=O) groups is 2. The lowest BCUT2D eigenvalue weighted by Gasteiger charge is -2.07. The zero-order valence-corrected chi connectivity index (χ0v) is 15.7. The van der Waals surface area contributed by atoms with Crippen LogP contribution in [-0.4, -0.2) is 26.6 Å². The van der Waals surface area contributed by atoms with Crippen LogP contribution in [-0.2, 0) is 4.79 Å². The molecule has 0 unspecified atom stereocenters. The zero-order valence-electron chi connectivity index (χ0n) is 15.7. The van der Waals surface area contributed by atoms with Crippen molar-refractivity contribution in [2.75, 3.05) is 0 Å². The molecule has 0 spiro atoms. The molecule has 0 aliphatic heterocycles. The second kappa shape index (κ2) is 7.86. The van der Waals surface area contributed by atoms with Crippen LogP contribution in [0.1, 0.15) is 21.6 Å². The number of primary amides is 1. The summed E-state index contributed by atoms with van der Waals surface area (Å²) < 4.78 is 41.1. The summed E-state index contributed by atoms with van der Waals surface area (Å²) in [6.07, 6.45) is 6.48. The predicted octanol–water partition coefficient (Wildman–Crippen LogP) is 3.77. The lowest BCUT2D eigenvalue weighted by atomic mass is 10.0. The highest BCUT2D eigenvalue weighted by molar-refractivity contribution is 6.08. The van der Waals surface area contributed by atoms with E-state index >= 15 is 0 Å². The summed E-state index contributed by atoms with van der Waals surface area (Å²) in [6.45, 7) is 0. The molecule has 3 heterocycles. The number of nitrogens with two attached hydrogens (primary N) is 1. The second-order valence-electron chi connectivity index (χ2n) is 6.61. The van der Waals surface area contributed by atoms with Crippen LogP contribution in [0, 0.1) is 17.5 Å². The summed E-state index contributed by atoms with van der Waals surface area (Å²) in [6, 6.07) is 6.25. The molecular formula is C22H13F3N4O2. The number of amides is 1. The van der Waals surface area contributed by atoms with Crippen molar-refractivity contribution in [3.8, 4) is 11.1 Å². The maximum Gasteiger partial charge on any atom is 0.241 e. The summed E-state index contributed by atoms with van der Waals surface area (Å²) >= 11 is 0. The second-order valence-corrected chi connectivity index (χ2v) is 6.61. The average Bonchev–Trinajstić information content (AvgIpc) is 3.16.